The van der Waals surface area contributed by atoms with Crippen molar-refractivity contribution in [1.29, 1.82) is 0 Å². The van der Waals surface area contributed by atoms with E-state index in [1.807, 2.05) is 25.4 Å². The van der Waals surface area contributed by atoms with Crippen molar-refractivity contribution in [2.45, 2.75) is 39.7 Å². The number of anilines is 1. The van der Waals surface area contributed by atoms with E-state index in [1.165, 1.54) is 0 Å². The Bertz CT molecular complexity index is 504. The van der Waals surface area contributed by atoms with E-state index in [0.717, 1.165) is 22.9 Å². The average Bonchev–Trinajstić information content (AvgIpc) is 2.81. The van der Waals surface area contributed by atoms with Crippen molar-refractivity contribution >= 4 is 5.82 Å². The summed E-state index contributed by atoms with van der Waals surface area (Å²) >= 11 is 0. The summed E-state index contributed by atoms with van der Waals surface area (Å²) in [6, 6.07) is 2.13. The van der Waals surface area contributed by atoms with Crippen LogP contribution in [0.5, 0.6) is 0 Å². The second-order valence-corrected chi connectivity index (χ2v) is 4.81. The molecule has 2 aromatic heterocycles. The van der Waals surface area contributed by atoms with Crippen LogP contribution in [0.4, 0.5) is 5.82 Å². The number of rotatable bonds is 4. The molecule has 1 unspecified atom stereocenters. The van der Waals surface area contributed by atoms with Crippen LogP contribution in [-0.4, -0.2) is 20.2 Å². The van der Waals surface area contributed by atoms with E-state index in [0.29, 0.717) is 5.92 Å². The number of aryl methyl sites for hydroxylation is 1. The maximum atomic E-state index is 4.53. The molecule has 0 saturated heterocycles. The average molecular weight is 245 g/mol. The molecule has 0 fully saturated rings. The molecule has 0 aliphatic heterocycles. The third-order valence-electron chi connectivity index (χ3n) is 2.77. The quantitative estimate of drug-likeness (QED) is 0.869. The summed E-state index contributed by atoms with van der Waals surface area (Å²) in [5, 5.41) is 10.1. The first-order valence-corrected chi connectivity index (χ1v) is 6.17. The Balaban J connectivity index is 2.18. The SMILES string of the molecule is Cc1cc(NC(C)c2cn[nH]c2)nc(C(C)C)n1. The topological polar surface area (TPSA) is 66.5 Å². The van der Waals surface area contributed by atoms with Crippen LogP contribution in [0.15, 0.2) is 18.5 Å². The zero-order chi connectivity index (χ0) is 13.1. The van der Waals surface area contributed by atoms with E-state index in [4.69, 9.17) is 0 Å². The highest BCUT2D eigenvalue weighted by molar-refractivity contribution is 5.39. The van der Waals surface area contributed by atoms with E-state index in [-0.39, 0.29) is 6.04 Å². The van der Waals surface area contributed by atoms with E-state index in [9.17, 15) is 0 Å². The smallest absolute Gasteiger partial charge is 0.133 e. The Kier molecular flexibility index (Phi) is 3.60. The van der Waals surface area contributed by atoms with Crippen molar-refractivity contribution in [1.82, 2.24) is 20.2 Å². The molecule has 0 bridgehead atoms. The highest BCUT2D eigenvalue weighted by atomic mass is 15.1. The number of nitrogens with one attached hydrogen (secondary N) is 2. The predicted molar refractivity (Wildman–Crippen MR) is 71.5 cm³/mol. The van der Waals surface area contributed by atoms with Gasteiger partial charge in [0.2, 0.25) is 0 Å². The molecule has 5 nitrogen and oxygen atoms in total. The first-order valence-electron chi connectivity index (χ1n) is 6.17. The third kappa shape index (κ3) is 2.85. The molecule has 0 saturated carbocycles. The number of hydrogen-bond donors (Lipinski definition) is 2. The van der Waals surface area contributed by atoms with Gasteiger partial charge in [-0.3, -0.25) is 5.10 Å². The second kappa shape index (κ2) is 5.16. The van der Waals surface area contributed by atoms with Crippen molar-refractivity contribution in [2.24, 2.45) is 0 Å². The summed E-state index contributed by atoms with van der Waals surface area (Å²) in [5.41, 5.74) is 2.09. The number of H-pyrrole nitrogens is 1. The van der Waals surface area contributed by atoms with E-state index in [2.05, 4.69) is 46.3 Å². The van der Waals surface area contributed by atoms with E-state index < -0.39 is 0 Å². The standard InChI is InChI=1S/C13H19N5/c1-8(2)13-16-9(3)5-12(18-13)17-10(4)11-6-14-15-7-11/h5-8,10H,1-4H3,(H,14,15)(H,16,17,18). The van der Waals surface area contributed by atoms with Crippen LogP contribution in [0.1, 0.15) is 49.8 Å². The van der Waals surface area contributed by atoms with Gasteiger partial charge in [-0.15, -0.1) is 0 Å². The number of aromatic amines is 1. The minimum absolute atomic E-state index is 0.165. The van der Waals surface area contributed by atoms with E-state index in [1.54, 1.807) is 0 Å². The van der Waals surface area contributed by atoms with Crippen molar-refractivity contribution in [2.75, 3.05) is 5.32 Å². The largest absolute Gasteiger partial charge is 0.363 e. The predicted octanol–water partition coefficient (Wildman–Crippen LogP) is 2.80. The fraction of sp³-hybridized carbons (Fsp3) is 0.462. The maximum absolute atomic E-state index is 4.53. The highest BCUT2D eigenvalue weighted by Gasteiger charge is 2.10. The summed E-state index contributed by atoms with van der Waals surface area (Å²) in [7, 11) is 0. The van der Waals surface area contributed by atoms with Gasteiger partial charge < -0.3 is 5.32 Å². The fourth-order valence-electron chi connectivity index (χ4n) is 1.73. The summed E-state index contributed by atoms with van der Waals surface area (Å²) in [6.45, 7) is 8.26. The molecule has 0 radical (unpaired) electrons. The first kappa shape index (κ1) is 12.5. The molecule has 96 valence electrons. The van der Waals surface area contributed by atoms with Gasteiger partial charge in [0.1, 0.15) is 11.6 Å². The van der Waals surface area contributed by atoms with Gasteiger partial charge in [0.05, 0.1) is 12.2 Å². The lowest BCUT2D eigenvalue weighted by Crippen LogP contribution is -2.10. The molecule has 18 heavy (non-hydrogen) atoms. The Morgan fingerprint density at radius 2 is 2.00 bits per heavy atom. The van der Waals surface area contributed by atoms with Gasteiger partial charge in [-0.25, -0.2) is 9.97 Å². The van der Waals surface area contributed by atoms with Gasteiger partial charge in [0.15, 0.2) is 0 Å². The Hall–Kier alpha value is -1.91. The lowest BCUT2D eigenvalue weighted by Gasteiger charge is -2.14. The molecular formula is C13H19N5. The molecule has 0 aliphatic carbocycles. The van der Waals surface area contributed by atoms with Crippen molar-refractivity contribution in [3.8, 4) is 0 Å². The van der Waals surface area contributed by atoms with Gasteiger partial charge in [0.25, 0.3) is 0 Å². The lowest BCUT2D eigenvalue weighted by molar-refractivity contribution is 0.761. The van der Waals surface area contributed by atoms with Crippen LogP contribution in [-0.2, 0) is 0 Å². The number of nitrogens with zero attached hydrogens (tertiary/aromatic N) is 3. The van der Waals surface area contributed by atoms with Crippen LogP contribution >= 0.6 is 0 Å². The van der Waals surface area contributed by atoms with Crippen molar-refractivity contribution in [3.05, 3.63) is 35.5 Å². The molecule has 0 aromatic carbocycles. The van der Waals surface area contributed by atoms with Crippen LogP contribution < -0.4 is 5.32 Å². The minimum atomic E-state index is 0.165. The molecule has 0 amide bonds. The molecular weight excluding hydrogens is 226 g/mol. The first-order chi connectivity index (χ1) is 8.56. The zero-order valence-electron chi connectivity index (χ0n) is 11.2. The molecule has 2 heterocycles. The Labute approximate surface area is 107 Å². The van der Waals surface area contributed by atoms with Gasteiger partial charge >= 0.3 is 0 Å². The van der Waals surface area contributed by atoms with Crippen molar-refractivity contribution < 1.29 is 0 Å². The Morgan fingerprint density at radius 1 is 1.22 bits per heavy atom. The van der Waals surface area contributed by atoms with Crippen LogP contribution in [0.3, 0.4) is 0 Å². The van der Waals surface area contributed by atoms with E-state index >= 15 is 0 Å². The molecule has 2 rings (SSSR count). The molecule has 1 atom stereocenters. The second-order valence-electron chi connectivity index (χ2n) is 4.81. The van der Waals surface area contributed by atoms with Crippen molar-refractivity contribution in [3.63, 3.8) is 0 Å². The van der Waals surface area contributed by atoms with Gasteiger partial charge in [-0.1, -0.05) is 13.8 Å². The summed E-state index contributed by atoms with van der Waals surface area (Å²) in [6.07, 6.45) is 3.70. The maximum Gasteiger partial charge on any atom is 0.133 e. The molecule has 5 heteroatoms. The summed E-state index contributed by atoms with van der Waals surface area (Å²) < 4.78 is 0. The normalized spacial score (nSPS) is 12.7. The molecule has 0 aliphatic rings. The minimum Gasteiger partial charge on any atom is -0.363 e. The van der Waals surface area contributed by atoms with Gasteiger partial charge in [-0.05, 0) is 13.8 Å². The molecule has 2 aromatic rings. The molecule has 0 spiro atoms. The van der Waals surface area contributed by atoms with Crippen LogP contribution in [0, 0.1) is 6.92 Å². The highest BCUT2D eigenvalue weighted by Crippen LogP contribution is 2.19. The number of hydrogen-bond acceptors (Lipinski definition) is 4. The van der Waals surface area contributed by atoms with Gasteiger partial charge in [-0.2, -0.15) is 5.10 Å². The summed E-state index contributed by atoms with van der Waals surface area (Å²) in [4.78, 5) is 8.96. The zero-order valence-corrected chi connectivity index (χ0v) is 11.2. The van der Waals surface area contributed by atoms with Crippen LogP contribution in [0.25, 0.3) is 0 Å². The van der Waals surface area contributed by atoms with Crippen LogP contribution in [0.2, 0.25) is 0 Å². The fourth-order valence-corrected chi connectivity index (χ4v) is 1.73. The molecule has 2 N–H and O–H groups in total. The number of aromatic nitrogens is 4. The lowest BCUT2D eigenvalue weighted by atomic mass is 10.2. The third-order valence-corrected chi connectivity index (χ3v) is 2.77. The summed E-state index contributed by atoms with van der Waals surface area (Å²) in [5.74, 6) is 2.06. The Morgan fingerprint density at radius 3 is 2.61 bits per heavy atom. The van der Waals surface area contributed by atoms with Gasteiger partial charge in [0, 0.05) is 29.4 Å². The monoisotopic (exact) mass is 245 g/mol.